The van der Waals surface area contributed by atoms with Crippen molar-refractivity contribution in [3.63, 3.8) is 0 Å². The highest BCUT2D eigenvalue weighted by molar-refractivity contribution is 5.35. The summed E-state index contributed by atoms with van der Waals surface area (Å²) < 4.78 is 0. The van der Waals surface area contributed by atoms with Gasteiger partial charge in [-0.25, -0.2) is 0 Å². The Morgan fingerprint density at radius 2 is 1.80 bits per heavy atom. The maximum atomic E-state index is 5.63. The fourth-order valence-corrected chi connectivity index (χ4v) is 2.02. The molecule has 0 amide bonds. The smallest absolute Gasteiger partial charge is 0.00715 e. The maximum Gasteiger partial charge on any atom is -0.00715 e. The number of rotatable bonds is 3. The molecule has 0 bridgehead atoms. The molecule has 1 rings (SSSR count). The highest BCUT2D eigenvalue weighted by atomic mass is 14.5. The van der Waals surface area contributed by atoms with E-state index in [1.165, 1.54) is 11.1 Å². The van der Waals surface area contributed by atoms with Crippen LogP contribution in [0.2, 0.25) is 0 Å². The van der Waals surface area contributed by atoms with Crippen molar-refractivity contribution in [2.24, 2.45) is 5.73 Å². The minimum Gasteiger partial charge on any atom is -0.330 e. The monoisotopic (exact) mass is 205 g/mol. The van der Waals surface area contributed by atoms with Crippen LogP contribution in [0.1, 0.15) is 51.2 Å². The van der Waals surface area contributed by atoms with E-state index in [1.54, 1.807) is 0 Å². The molecule has 0 aliphatic carbocycles. The molecular weight excluding hydrogens is 182 g/mol. The molecule has 0 heterocycles. The van der Waals surface area contributed by atoms with Crippen molar-refractivity contribution in [2.45, 2.75) is 45.4 Å². The minimum atomic E-state index is 0.222. The summed E-state index contributed by atoms with van der Waals surface area (Å²) in [6.45, 7) is 9.82. The van der Waals surface area contributed by atoms with Crippen molar-refractivity contribution in [3.8, 4) is 0 Å². The Balaban J connectivity index is 3.06. The van der Waals surface area contributed by atoms with Crippen LogP contribution in [0.3, 0.4) is 0 Å². The predicted molar refractivity (Wildman–Crippen MR) is 67.2 cm³/mol. The molecule has 1 heteroatoms. The molecule has 0 radical (unpaired) electrons. The first kappa shape index (κ1) is 12.3. The van der Waals surface area contributed by atoms with Crippen molar-refractivity contribution < 1.29 is 0 Å². The Morgan fingerprint density at radius 3 is 2.33 bits per heavy atom. The molecule has 0 spiro atoms. The van der Waals surface area contributed by atoms with Gasteiger partial charge in [0, 0.05) is 0 Å². The lowest BCUT2D eigenvalue weighted by atomic mass is 9.80. The van der Waals surface area contributed by atoms with E-state index in [1.807, 2.05) is 0 Å². The van der Waals surface area contributed by atoms with Gasteiger partial charge in [-0.1, -0.05) is 52.0 Å². The van der Waals surface area contributed by atoms with Gasteiger partial charge in [-0.05, 0) is 35.4 Å². The van der Waals surface area contributed by atoms with Crippen LogP contribution < -0.4 is 5.73 Å². The van der Waals surface area contributed by atoms with Crippen molar-refractivity contribution in [1.29, 1.82) is 0 Å². The zero-order valence-corrected chi connectivity index (χ0v) is 10.4. The van der Waals surface area contributed by atoms with E-state index < -0.39 is 0 Å². The van der Waals surface area contributed by atoms with Gasteiger partial charge in [-0.3, -0.25) is 0 Å². The van der Waals surface area contributed by atoms with Gasteiger partial charge in [-0.2, -0.15) is 0 Å². The fraction of sp³-hybridized carbons (Fsp3) is 0.571. The standard InChI is InChI=1S/C14H23N/c1-11(9-10-15)12-7-5-6-8-13(12)14(2,3)4/h5-8,11H,9-10,15H2,1-4H3. The molecule has 1 atom stereocenters. The summed E-state index contributed by atoms with van der Waals surface area (Å²) in [6.07, 6.45) is 1.06. The number of hydrogen-bond acceptors (Lipinski definition) is 1. The zero-order valence-electron chi connectivity index (χ0n) is 10.4. The third kappa shape index (κ3) is 3.07. The van der Waals surface area contributed by atoms with Crippen LogP contribution in [-0.4, -0.2) is 6.54 Å². The number of nitrogens with two attached hydrogens (primary N) is 1. The minimum absolute atomic E-state index is 0.222. The van der Waals surface area contributed by atoms with E-state index in [0.717, 1.165) is 13.0 Å². The van der Waals surface area contributed by atoms with Crippen LogP contribution in [0.5, 0.6) is 0 Å². The summed E-state index contributed by atoms with van der Waals surface area (Å²) in [5, 5.41) is 0. The third-order valence-electron chi connectivity index (χ3n) is 2.90. The molecule has 0 aliphatic rings. The average molecular weight is 205 g/mol. The fourth-order valence-electron chi connectivity index (χ4n) is 2.02. The van der Waals surface area contributed by atoms with Crippen molar-refractivity contribution in [1.82, 2.24) is 0 Å². The third-order valence-corrected chi connectivity index (χ3v) is 2.90. The molecule has 0 aliphatic heterocycles. The largest absolute Gasteiger partial charge is 0.330 e. The van der Waals surface area contributed by atoms with Gasteiger partial charge < -0.3 is 5.73 Å². The van der Waals surface area contributed by atoms with Crippen molar-refractivity contribution >= 4 is 0 Å². The zero-order chi connectivity index (χ0) is 11.5. The van der Waals surface area contributed by atoms with E-state index >= 15 is 0 Å². The van der Waals surface area contributed by atoms with E-state index in [4.69, 9.17) is 5.73 Å². The molecule has 15 heavy (non-hydrogen) atoms. The lowest BCUT2D eigenvalue weighted by molar-refractivity contribution is 0.567. The number of hydrogen-bond donors (Lipinski definition) is 1. The summed E-state index contributed by atoms with van der Waals surface area (Å²) in [6, 6.07) is 8.72. The first-order valence-electron chi connectivity index (χ1n) is 5.76. The molecule has 0 saturated heterocycles. The molecule has 1 aromatic carbocycles. The second-order valence-corrected chi connectivity index (χ2v) is 5.32. The molecule has 84 valence electrons. The number of benzene rings is 1. The second kappa shape index (κ2) is 4.80. The molecule has 2 N–H and O–H groups in total. The van der Waals surface area contributed by atoms with E-state index in [0.29, 0.717) is 5.92 Å². The molecule has 0 aromatic heterocycles. The molecular formula is C14H23N. The molecule has 1 nitrogen and oxygen atoms in total. The van der Waals surface area contributed by atoms with Crippen LogP contribution >= 0.6 is 0 Å². The maximum absolute atomic E-state index is 5.63. The SMILES string of the molecule is CC(CCN)c1ccccc1C(C)(C)C. The lowest BCUT2D eigenvalue weighted by Crippen LogP contribution is -2.16. The Bertz CT molecular complexity index is 309. The van der Waals surface area contributed by atoms with Crippen LogP contribution in [0.15, 0.2) is 24.3 Å². The second-order valence-electron chi connectivity index (χ2n) is 5.32. The summed E-state index contributed by atoms with van der Waals surface area (Å²) >= 11 is 0. The van der Waals surface area contributed by atoms with E-state index in [9.17, 15) is 0 Å². The first-order chi connectivity index (χ1) is 6.96. The van der Waals surface area contributed by atoms with Gasteiger partial charge in [0.25, 0.3) is 0 Å². The highest BCUT2D eigenvalue weighted by Crippen LogP contribution is 2.31. The van der Waals surface area contributed by atoms with Gasteiger partial charge in [0.1, 0.15) is 0 Å². The molecule has 1 aromatic rings. The summed E-state index contributed by atoms with van der Waals surface area (Å²) in [5.74, 6) is 0.561. The van der Waals surface area contributed by atoms with Gasteiger partial charge in [-0.15, -0.1) is 0 Å². The van der Waals surface area contributed by atoms with Crippen LogP contribution in [0.4, 0.5) is 0 Å². The summed E-state index contributed by atoms with van der Waals surface area (Å²) in [7, 11) is 0. The average Bonchev–Trinajstić information content (AvgIpc) is 2.17. The normalized spacial score (nSPS) is 13.9. The molecule has 0 fully saturated rings. The van der Waals surface area contributed by atoms with Gasteiger partial charge in [0.2, 0.25) is 0 Å². The first-order valence-corrected chi connectivity index (χ1v) is 5.76. The summed E-state index contributed by atoms with van der Waals surface area (Å²) in [5.41, 5.74) is 8.75. The van der Waals surface area contributed by atoms with Crippen molar-refractivity contribution in [3.05, 3.63) is 35.4 Å². The van der Waals surface area contributed by atoms with E-state index in [-0.39, 0.29) is 5.41 Å². The van der Waals surface area contributed by atoms with Crippen molar-refractivity contribution in [2.75, 3.05) is 6.54 Å². The Kier molecular flexibility index (Phi) is 3.92. The van der Waals surface area contributed by atoms with Gasteiger partial charge in [0.05, 0.1) is 0 Å². The molecule has 1 unspecified atom stereocenters. The van der Waals surface area contributed by atoms with Crippen LogP contribution in [0.25, 0.3) is 0 Å². The highest BCUT2D eigenvalue weighted by Gasteiger charge is 2.19. The molecule has 0 saturated carbocycles. The Hall–Kier alpha value is -0.820. The van der Waals surface area contributed by atoms with E-state index in [2.05, 4.69) is 52.0 Å². The van der Waals surface area contributed by atoms with Crippen LogP contribution in [-0.2, 0) is 5.41 Å². The topological polar surface area (TPSA) is 26.0 Å². The Morgan fingerprint density at radius 1 is 1.20 bits per heavy atom. The summed E-state index contributed by atoms with van der Waals surface area (Å²) in [4.78, 5) is 0. The van der Waals surface area contributed by atoms with Crippen LogP contribution in [0, 0.1) is 0 Å². The lowest BCUT2D eigenvalue weighted by Gasteiger charge is -2.25. The predicted octanol–water partition coefficient (Wildman–Crippen LogP) is 3.44. The van der Waals surface area contributed by atoms with Gasteiger partial charge in [0.15, 0.2) is 0 Å². The Labute approximate surface area is 93.7 Å². The van der Waals surface area contributed by atoms with Gasteiger partial charge >= 0.3 is 0 Å². The quantitative estimate of drug-likeness (QED) is 0.803.